The van der Waals surface area contributed by atoms with Crippen molar-refractivity contribution in [2.45, 2.75) is 98.1 Å². The third kappa shape index (κ3) is 7.32. The van der Waals surface area contributed by atoms with E-state index in [1.54, 1.807) is 0 Å². The Morgan fingerprint density at radius 1 is 0.711 bits per heavy atom. The minimum Gasteiger partial charge on any atom is -0.368 e. The maximum absolute atomic E-state index is 15.5. The van der Waals surface area contributed by atoms with E-state index in [1.165, 1.54) is 12.8 Å². The molecule has 210 valence electrons. The van der Waals surface area contributed by atoms with Crippen molar-refractivity contribution in [2.24, 2.45) is 35.5 Å². The Balaban J connectivity index is 1.76. The van der Waals surface area contributed by atoms with Gasteiger partial charge in [-0.25, -0.2) is 0 Å². The molecule has 2 aromatic rings. The van der Waals surface area contributed by atoms with E-state index in [0.29, 0.717) is 35.5 Å². The highest BCUT2D eigenvalue weighted by Gasteiger charge is 2.47. The molecule has 2 aliphatic carbocycles. The summed E-state index contributed by atoms with van der Waals surface area (Å²) in [6.07, 6.45) is 6.33. The molecule has 0 aromatic heterocycles. The molecule has 2 aliphatic rings. The molecule has 2 saturated carbocycles. The van der Waals surface area contributed by atoms with E-state index in [2.05, 4.69) is 46.9 Å². The molecule has 38 heavy (non-hydrogen) atoms. The summed E-state index contributed by atoms with van der Waals surface area (Å²) in [5.41, 5.74) is 1.86. The van der Waals surface area contributed by atoms with Crippen LogP contribution in [-0.2, 0) is 13.6 Å². The number of anilines is 1. The fraction of sp³-hybridized carbons (Fsp3) is 0.636. The SMILES string of the molecule is CC(C)[C@H]1CC[C@@H](C)C[C@H]1OP(=O)(O[C@@H]1C[C@H](C)CC[C@@H]1C(C)C)[C@H](Nc1ccccc1)c1ccccc1. The molecule has 5 heteroatoms. The van der Waals surface area contributed by atoms with Crippen LogP contribution in [0.1, 0.15) is 91.4 Å². The second kappa shape index (κ2) is 13.2. The fourth-order valence-electron chi connectivity index (χ4n) is 6.67. The molecular weight excluding hydrogens is 489 g/mol. The van der Waals surface area contributed by atoms with Gasteiger partial charge < -0.3 is 14.4 Å². The van der Waals surface area contributed by atoms with Gasteiger partial charge in [0, 0.05) is 5.69 Å². The molecule has 0 aliphatic heterocycles. The van der Waals surface area contributed by atoms with E-state index >= 15 is 4.57 Å². The molecule has 1 N–H and O–H groups in total. The highest BCUT2D eigenvalue weighted by Crippen LogP contribution is 2.65. The summed E-state index contributed by atoms with van der Waals surface area (Å²) in [7, 11) is -3.67. The number of para-hydroxylation sites is 1. The lowest BCUT2D eigenvalue weighted by Gasteiger charge is -2.43. The largest absolute Gasteiger partial charge is 0.368 e. The van der Waals surface area contributed by atoms with Crippen LogP contribution in [0.25, 0.3) is 0 Å². The zero-order valence-electron chi connectivity index (χ0n) is 24.4. The van der Waals surface area contributed by atoms with Crippen LogP contribution in [0.5, 0.6) is 0 Å². The molecule has 2 fully saturated rings. The normalized spacial score (nSPS) is 29.4. The van der Waals surface area contributed by atoms with Crippen molar-refractivity contribution in [1.82, 2.24) is 0 Å². The Kier molecular flexibility index (Phi) is 10.2. The predicted molar refractivity (Wildman–Crippen MR) is 159 cm³/mol. The second-order valence-electron chi connectivity index (χ2n) is 12.8. The summed E-state index contributed by atoms with van der Waals surface area (Å²) in [5, 5.41) is 3.61. The Bertz CT molecular complexity index is 989. The molecule has 7 atom stereocenters. The average molecular weight is 540 g/mol. The minimum absolute atomic E-state index is 0.0770. The lowest BCUT2D eigenvalue weighted by atomic mass is 9.75. The van der Waals surface area contributed by atoms with Gasteiger partial charge >= 0.3 is 7.60 Å². The van der Waals surface area contributed by atoms with E-state index in [4.69, 9.17) is 9.05 Å². The number of rotatable bonds is 10. The van der Waals surface area contributed by atoms with Crippen molar-refractivity contribution in [3.63, 3.8) is 0 Å². The Morgan fingerprint density at radius 3 is 1.61 bits per heavy atom. The van der Waals surface area contributed by atoms with Crippen LogP contribution in [-0.4, -0.2) is 12.2 Å². The third-order valence-corrected chi connectivity index (χ3v) is 11.2. The van der Waals surface area contributed by atoms with Crippen molar-refractivity contribution in [3.8, 4) is 0 Å². The van der Waals surface area contributed by atoms with Crippen LogP contribution >= 0.6 is 7.60 Å². The van der Waals surface area contributed by atoms with E-state index in [1.807, 2.05) is 60.7 Å². The van der Waals surface area contributed by atoms with Gasteiger partial charge in [-0.15, -0.1) is 0 Å². The van der Waals surface area contributed by atoms with E-state index in [0.717, 1.165) is 36.9 Å². The van der Waals surface area contributed by atoms with Gasteiger partial charge in [-0.2, -0.15) is 0 Å². The first-order chi connectivity index (χ1) is 18.2. The van der Waals surface area contributed by atoms with Gasteiger partial charge in [0.05, 0.1) is 12.2 Å². The molecule has 4 nitrogen and oxygen atoms in total. The summed E-state index contributed by atoms with van der Waals surface area (Å²) in [5.74, 6) is 2.22. The Morgan fingerprint density at radius 2 is 1.16 bits per heavy atom. The summed E-state index contributed by atoms with van der Waals surface area (Å²) in [6.45, 7) is 13.7. The number of benzene rings is 2. The van der Waals surface area contributed by atoms with Crippen LogP contribution in [0.3, 0.4) is 0 Å². The average Bonchev–Trinajstić information content (AvgIpc) is 2.88. The molecule has 0 unspecified atom stereocenters. The molecule has 0 bridgehead atoms. The first kappa shape index (κ1) is 29.4. The van der Waals surface area contributed by atoms with Crippen molar-refractivity contribution in [3.05, 3.63) is 66.2 Å². The lowest BCUT2D eigenvalue weighted by Crippen LogP contribution is -2.37. The molecule has 0 amide bonds. The summed E-state index contributed by atoms with van der Waals surface area (Å²) in [6, 6.07) is 20.2. The van der Waals surface area contributed by atoms with Crippen LogP contribution in [0.2, 0.25) is 0 Å². The maximum Gasteiger partial charge on any atom is 0.357 e. The number of hydrogen-bond donors (Lipinski definition) is 1. The van der Waals surface area contributed by atoms with E-state index in [9.17, 15) is 0 Å². The Labute approximate surface area is 231 Å². The summed E-state index contributed by atoms with van der Waals surface area (Å²) < 4.78 is 29.4. The van der Waals surface area contributed by atoms with Crippen molar-refractivity contribution in [2.75, 3.05) is 5.32 Å². The third-order valence-electron chi connectivity index (χ3n) is 9.00. The van der Waals surface area contributed by atoms with Gasteiger partial charge in [0.2, 0.25) is 0 Å². The summed E-state index contributed by atoms with van der Waals surface area (Å²) in [4.78, 5) is 0. The van der Waals surface area contributed by atoms with Gasteiger partial charge in [0.15, 0.2) is 5.78 Å². The monoisotopic (exact) mass is 539 g/mol. The second-order valence-corrected chi connectivity index (χ2v) is 14.8. The summed E-state index contributed by atoms with van der Waals surface area (Å²) >= 11 is 0. The number of hydrogen-bond acceptors (Lipinski definition) is 4. The Hall–Kier alpha value is -1.61. The van der Waals surface area contributed by atoms with E-state index < -0.39 is 13.4 Å². The van der Waals surface area contributed by atoms with E-state index in [-0.39, 0.29) is 12.2 Å². The van der Waals surface area contributed by atoms with Gasteiger partial charge in [0.1, 0.15) is 0 Å². The highest BCUT2D eigenvalue weighted by molar-refractivity contribution is 7.54. The van der Waals surface area contributed by atoms with Gasteiger partial charge in [0.25, 0.3) is 0 Å². The van der Waals surface area contributed by atoms with Crippen molar-refractivity contribution < 1.29 is 13.6 Å². The molecule has 2 aromatic carbocycles. The van der Waals surface area contributed by atoms with Gasteiger partial charge in [-0.1, -0.05) is 103 Å². The minimum atomic E-state index is -3.67. The molecule has 0 saturated heterocycles. The van der Waals surface area contributed by atoms with Crippen molar-refractivity contribution in [1.29, 1.82) is 0 Å². The first-order valence-electron chi connectivity index (χ1n) is 15.0. The van der Waals surface area contributed by atoms with Gasteiger partial charge in [-0.05, 0) is 78.9 Å². The lowest BCUT2D eigenvalue weighted by molar-refractivity contribution is -0.00541. The fourth-order valence-corrected chi connectivity index (χ4v) is 9.05. The van der Waals surface area contributed by atoms with Crippen LogP contribution in [0, 0.1) is 35.5 Å². The zero-order chi connectivity index (χ0) is 27.3. The highest BCUT2D eigenvalue weighted by atomic mass is 31.2. The maximum atomic E-state index is 15.5. The number of nitrogens with one attached hydrogen (secondary N) is 1. The van der Waals surface area contributed by atoms with Crippen molar-refractivity contribution >= 4 is 13.3 Å². The first-order valence-corrected chi connectivity index (χ1v) is 16.6. The quantitative estimate of drug-likeness (QED) is 0.305. The molecule has 0 heterocycles. The smallest absolute Gasteiger partial charge is 0.357 e. The molecular formula is C33H50NO3P. The zero-order valence-corrected chi connectivity index (χ0v) is 25.3. The standard InChI is InChI=1S/C33H50NO3P/c1-23(2)29-19-17-25(5)21-31(29)36-38(35,37-32-22-26(6)18-20-30(32)24(3)4)33(27-13-9-7-10-14-27)34-28-15-11-8-12-16-28/h7-16,23-26,29-34H,17-22H2,1-6H3/t25-,26-,29-,30-,31-,32-,33+/m1/s1. The topological polar surface area (TPSA) is 47.6 Å². The molecule has 0 radical (unpaired) electrons. The predicted octanol–water partition coefficient (Wildman–Crippen LogP) is 9.95. The molecule has 4 rings (SSSR count). The van der Waals surface area contributed by atoms with Crippen LogP contribution < -0.4 is 5.32 Å². The van der Waals surface area contributed by atoms with Crippen LogP contribution in [0.15, 0.2) is 60.7 Å². The van der Waals surface area contributed by atoms with Gasteiger partial charge in [-0.3, -0.25) is 4.57 Å². The molecule has 0 spiro atoms. The van der Waals surface area contributed by atoms with Crippen LogP contribution in [0.4, 0.5) is 5.69 Å².